The molecule has 2 unspecified atom stereocenters. The number of hydrogen-bond donors (Lipinski definition) is 3. The van der Waals surface area contributed by atoms with Crippen LogP contribution in [-0.2, 0) is 16.1 Å². The number of Topliss-reactive ketones (excluding diaryl/α,β-unsaturated/α-hetero) is 1. The van der Waals surface area contributed by atoms with E-state index in [0.717, 1.165) is 47.2 Å². The van der Waals surface area contributed by atoms with E-state index in [2.05, 4.69) is 5.32 Å². The van der Waals surface area contributed by atoms with Crippen LogP contribution in [0.5, 0.6) is 5.75 Å². The number of aromatic hydroxyl groups is 1. The van der Waals surface area contributed by atoms with Gasteiger partial charge in [0, 0.05) is 23.2 Å². The summed E-state index contributed by atoms with van der Waals surface area (Å²) in [5.41, 5.74) is 6.09. The molecule has 230 valence electrons. The third kappa shape index (κ3) is 5.91. The van der Waals surface area contributed by atoms with Crippen molar-refractivity contribution in [2.45, 2.75) is 51.7 Å². The first-order valence-electron chi connectivity index (χ1n) is 15.2. The van der Waals surface area contributed by atoms with Gasteiger partial charge in [-0.3, -0.25) is 4.79 Å². The highest BCUT2D eigenvalue weighted by Crippen LogP contribution is 2.53. The number of ketones is 1. The summed E-state index contributed by atoms with van der Waals surface area (Å²) < 4.78 is 11.7. The molecule has 9 nitrogen and oxygen atoms in total. The molecule has 0 radical (unpaired) electrons. The van der Waals surface area contributed by atoms with Gasteiger partial charge in [-0.1, -0.05) is 48.9 Å². The van der Waals surface area contributed by atoms with E-state index in [1.165, 1.54) is 17.7 Å². The number of benzene rings is 3. The molecule has 4 aromatic rings. The number of aromatic carboxylic acids is 1. The number of ether oxygens (including phenoxy) is 2. The molecule has 2 aliphatic rings. The zero-order valence-electron chi connectivity index (χ0n) is 25.1. The molecule has 9 heteroatoms. The number of carboxylic acid groups (broad SMARTS) is 1. The molecule has 2 atom stereocenters. The standard InChI is InChI=1S/C36H34N2O7/c1-3-24(45-36(43)26-10-6-5-9-25(26)35(41)42)19-44-18-22-8-7-11-27-30(22)31(20-12-13-20)32(34(27)40)33-29(39)16-21-14-15-23(37-4-2)17-28(21)38-33/h5-11,14-17,24,32,37,39H,3-4,12-13,18-19H2,1-2H3,(H,41,42). The Morgan fingerprint density at radius 3 is 2.51 bits per heavy atom. The highest BCUT2D eigenvalue weighted by Gasteiger charge is 2.43. The number of anilines is 1. The summed E-state index contributed by atoms with van der Waals surface area (Å²) >= 11 is 0. The Bertz CT molecular complexity index is 1860. The first-order valence-corrected chi connectivity index (χ1v) is 15.2. The highest BCUT2D eigenvalue weighted by atomic mass is 16.6. The average Bonchev–Trinajstić information content (AvgIpc) is 3.84. The molecule has 0 amide bonds. The maximum atomic E-state index is 14.0. The molecule has 1 aromatic heterocycles. The Morgan fingerprint density at radius 1 is 1.02 bits per heavy atom. The molecule has 0 saturated heterocycles. The fourth-order valence-corrected chi connectivity index (χ4v) is 5.94. The van der Waals surface area contributed by atoms with Gasteiger partial charge in [-0.15, -0.1) is 0 Å². The third-order valence-corrected chi connectivity index (χ3v) is 8.27. The molecule has 6 rings (SSSR count). The number of allylic oxidation sites excluding steroid dienone is 2. The van der Waals surface area contributed by atoms with Crippen LogP contribution < -0.4 is 5.32 Å². The maximum Gasteiger partial charge on any atom is 0.339 e. The van der Waals surface area contributed by atoms with Crippen LogP contribution in [0.25, 0.3) is 16.5 Å². The van der Waals surface area contributed by atoms with Gasteiger partial charge in [-0.2, -0.15) is 0 Å². The lowest BCUT2D eigenvalue weighted by molar-refractivity contribution is -0.00947. The zero-order valence-corrected chi connectivity index (χ0v) is 25.1. The molecule has 1 saturated carbocycles. The minimum atomic E-state index is -1.20. The molecular weight excluding hydrogens is 572 g/mol. The van der Waals surface area contributed by atoms with Crippen LogP contribution in [0.3, 0.4) is 0 Å². The van der Waals surface area contributed by atoms with Crippen LogP contribution in [-0.4, -0.2) is 52.2 Å². The number of carboxylic acids is 1. The van der Waals surface area contributed by atoms with Crippen molar-refractivity contribution in [3.8, 4) is 5.75 Å². The normalized spacial score (nSPS) is 16.0. The molecule has 3 aromatic carbocycles. The average molecular weight is 607 g/mol. The summed E-state index contributed by atoms with van der Waals surface area (Å²) in [6.07, 6.45) is 1.61. The lowest BCUT2D eigenvalue weighted by Crippen LogP contribution is -2.24. The second-order valence-electron chi connectivity index (χ2n) is 11.3. The van der Waals surface area contributed by atoms with Crippen molar-refractivity contribution < 1.29 is 34.1 Å². The molecule has 1 heterocycles. The number of pyridine rings is 1. The predicted molar refractivity (Wildman–Crippen MR) is 170 cm³/mol. The molecule has 0 spiro atoms. The fourth-order valence-electron chi connectivity index (χ4n) is 5.94. The first kappa shape index (κ1) is 30.0. The summed E-state index contributed by atoms with van der Waals surface area (Å²) in [6.45, 7) is 4.89. The molecule has 1 fully saturated rings. The SMILES string of the molecule is CCNc1ccc2cc(O)c(C3C(=O)c4cccc(COCC(CC)OC(=O)c5ccccc5C(=O)O)c4C3=C3CC3)nc2c1. The quantitative estimate of drug-likeness (QED) is 0.158. The largest absolute Gasteiger partial charge is 0.506 e. The summed E-state index contributed by atoms with van der Waals surface area (Å²) in [4.78, 5) is 43.2. The summed E-state index contributed by atoms with van der Waals surface area (Å²) in [5.74, 6) is -2.77. The van der Waals surface area contributed by atoms with E-state index in [4.69, 9.17) is 14.5 Å². The van der Waals surface area contributed by atoms with Crippen molar-refractivity contribution in [1.82, 2.24) is 4.98 Å². The molecule has 2 aliphatic carbocycles. The third-order valence-electron chi connectivity index (χ3n) is 8.27. The molecule has 0 bridgehead atoms. The Morgan fingerprint density at radius 2 is 1.80 bits per heavy atom. The van der Waals surface area contributed by atoms with Crippen LogP contribution in [0, 0.1) is 0 Å². The minimum absolute atomic E-state index is 0.0153. The number of rotatable bonds is 11. The lowest BCUT2D eigenvalue weighted by atomic mass is 9.91. The van der Waals surface area contributed by atoms with Crippen LogP contribution in [0.15, 0.2) is 72.3 Å². The van der Waals surface area contributed by atoms with Crippen LogP contribution in [0.1, 0.15) is 86.9 Å². The van der Waals surface area contributed by atoms with E-state index in [1.807, 2.05) is 50.2 Å². The van der Waals surface area contributed by atoms with Gasteiger partial charge in [0.1, 0.15) is 11.9 Å². The van der Waals surface area contributed by atoms with E-state index < -0.39 is 24.0 Å². The monoisotopic (exact) mass is 606 g/mol. The van der Waals surface area contributed by atoms with Gasteiger partial charge in [0.15, 0.2) is 5.78 Å². The lowest BCUT2D eigenvalue weighted by Gasteiger charge is -2.18. The molecule has 3 N–H and O–H groups in total. The molecule has 0 aliphatic heterocycles. The van der Waals surface area contributed by atoms with Gasteiger partial charge in [0.05, 0.1) is 41.5 Å². The molecular formula is C36H34N2O7. The maximum absolute atomic E-state index is 14.0. The highest BCUT2D eigenvalue weighted by molar-refractivity contribution is 6.18. The van der Waals surface area contributed by atoms with Gasteiger partial charge in [0.25, 0.3) is 0 Å². The van der Waals surface area contributed by atoms with Crippen molar-refractivity contribution in [3.63, 3.8) is 0 Å². The van der Waals surface area contributed by atoms with Gasteiger partial charge < -0.3 is 25.0 Å². The van der Waals surface area contributed by atoms with Crippen molar-refractivity contribution in [1.29, 1.82) is 0 Å². The number of fused-ring (bicyclic) bond motifs is 2. The van der Waals surface area contributed by atoms with Gasteiger partial charge in [0.2, 0.25) is 0 Å². The summed E-state index contributed by atoms with van der Waals surface area (Å²) in [5, 5.41) is 24.6. The number of carbonyl (C=O) groups excluding carboxylic acids is 2. The smallest absolute Gasteiger partial charge is 0.339 e. The van der Waals surface area contributed by atoms with Gasteiger partial charge >= 0.3 is 11.9 Å². The van der Waals surface area contributed by atoms with Gasteiger partial charge in [-0.05, 0) is 73.2 Å². The van der Waals surface area contributed by atoms with E-state index in [1.54, 1.807) is 18.2 Å². The number of esters is 1. The van der Waals surface area contributed by atoms with E-state index in [9.17, 15) is 24.6 Å². The first-order chi connectivity index (χ1) is 21.8. The van der Waals surface area contributed by atoms with Crippen LogP contribution in [0.2, 0.25) is 0 Å². The number of hydrogen-bond acceptors (Lipinski definition) is 8. The molecule has 45 heavy (non-hydrogen) atoms. The van der Waals surface area contributed by atoms with Crippen molar-refractivity contribution in [2.24, 2.45) is 0 Å². The summed E-state index contributed by atoms with van der Waals surface area (Å²) in [6, 6.07) is 18.9. The van der Waals surface area contributed by atoms with Crippen molar-refractivity contribution in [2.75, 3.05) is 18.5 Å². The summed E-state index contributed by atoms with van der Waals surface area (Å²) in [7, 11) is 0. The van der Waals surface area contributed by atoms with E-state index in [0.29, 0.717) is 23.2 Å². The fraction of sp³-hybridized carbons (Fsp3) is 0.278. The van der Waals surface area contributed by atoms with Gasteiger partial charge in [-0.25, -0.2) is 14.6 Å². The van der Waals surface area contributed by atoms with E-state index >= 15 is 0 Å². The Kier molecular flexibility index (Phi) is 8.36. The Balaban J connectivity index is 1.24. The number of aromatic nitrogens is 1. The Labute approximate surface area is 260 Å². The predicted octanol–water partition coefficient (Wildman–Crippen LogP) is 6.75. The second kappa shape index (κ2) is 12.5. The number of nitrogens with zero attached hydrogens (tertiary/aromatic N) is 1. The number of carbonyl (C=O) groups is 3. The topological polar surface area (TPSA) is 135 Å². The van der Waals surface area contributed by atoms with Crippen LogP contribution >= 0.6 is 0 Å². The minimum Gasteiger partial charge on any atom is -0.506 e. The Hall–Kier alpha value is -5.02. The second-order valence-corrected chi connectivity index (χ2v) is 11.3. The van der Waals surface area contributed by atoms with Crippen LogP contribution in [0.4, 0.5) is 5.69 Å². The number of nitrogens with one attached hydrogen (secondary N) is 1. The van der Waals surface area contributed by atoms with Crippen molar-refractivity contribution >= 4 is 39.9 Å². The zero-order chi connectivity index (χ0) is 31.7. The van der Waals surface area contributed by atoms with Crippen molar-refractivity contribution in [3.05, 3.63) is 106 Å². The van der Waals surface area contributed by atoms with E-state index in [-0.39, 0.29) is 35.9 Å².